The lowest BCUT2D eigenvalue weighted by molar-refractivity contribution is -0.384. The minimum absolute atomic E-state index is 0.0790. The Labute approximate surface area is 116 Å². The van der Waals surface area contributed by atoms with Crippen LogP contribution >= 0.6 is 0 Å². The number of allylic oxidation sites excluding steroid dienone is 1. The Hall–Kier alpha value is -2.30. The molecule has 3 rings (SSSR count). The smallest absolute Gasteiger partial charge is 0.320 e. The van der Waals surface area contributed by atoms with Gasteiger partial charge in [0.2, 0.25) is 5.75 Å². The maximum atomic E-state index is 11.5. The van der Waals surface area contributed by atoms with Crippen molar-refractivity contribution in [2.75, 3.05) is 7.11 Å². The molecular formula is C15H16N2O3. The number of benzene rings is 1. The molecule has 0 saturated carbocycles. The van der Waals surface area contributed by atoms with Crippen LogP contribution in [0.2, 0.25) is 0 Å². The number of hydrogen-bond donors (Lipinski definition) is 0. The van der Waals surface area contributed by atoms with E-state index in [1.165, 1.54) is 7.11 Å². The Bertz CT molecular complexity index is 757. The van der Waals surface area contributed by atoms with Crippen LogP contribution < -0.4 is 4.74 Å². The molecule has 0 atom stereocenters. The van der Waals surface area contributed by atoms with E-state index in [0.29, 0.717) is 11.1 Å². The van der Waals surface area contributed by atoms with E-state index in [9.17, 15) is 10.1 Å². The molecule has 0 N–H and O–H groups in total. The highest BCUT2D eigenvalue weighted by Crippen LogP contribution is 2.42. The highest BCUT2D eigenvalue weighted by atomic mass is 16.6. The molecule has 0 aliphatic carbocycles. The normalized spacial score (nSPS) is 13.6. The van der Waals surface area contributed by atoms with Crippen LogP contribution in [-0.2, 0) is 6.54 Å². The zero-order valence-electron chi connectivity index (χ0n) is 11.8. The van der Waals surface area contributed by atoms with Crippen LogP contribution in [0.5, 0.6) is 5.75 Å². The topological polar surface area (TPSA) is 57.3 Å². The van der Waals surface area contributed by atoms with Gasteiger partial charge in [-0.3, -0.25) is 10.1 Å². The molecule has 0 radical (unpaired) electrons. The summed E-state index contributed by atoms with van der Waals surface area (Å²) < 4.78 is 7.42. The zero-order valence-corrected chi connectivity index (χ0v) is 11.8. The van der Waals surface area contributed by atoms with Gasteiger partial charge in [0, 0.05) is 17.8 Å². The fourth-order valence-electron chi connectivity index (χ4n) is 3.09. The standard InChI is InChI=1S/C15H16N2O3/c1-9-8-12-13(14(17(18)19)15(9)20-3)10(2)11-6-4-5-7-16(11)12/h4,6,8H,5,7H2,1-3H3. The summed E-state index contributed by atoms with van der Waals surface area (Å²) >= 11 is 0. The van der Waals surface area contributed by atoms with Crippen molar-refractivity contribution >= 4 is 22.7 Å². The molecular weight excluding hydrogens is 256 g/mol. The molecule has 0 spiro atoms. The average Bonchev–Trinajstić information content (AvgIpc) is 2.71. The van der Waals surface area contributed by atoms with Crippen LogP contribution in [0.25, 0.3) is 17.0 Å². The van der Waals surface area contributed by atoms with E-state index in [0.717, 1.165) is 35.3 Å². The molecule has 104 valence electrons. The van der Waals surface area contributed by atoms with Crippen molar-refractivity contribution in [3.63, 3.8) is 0 Å². The number of nitrogens with zero attached hydrogens (tertiary/aromatic N) is 2. The van der Waals surface area contributed by atoms with E-state index in [2.05, 4.69) is 10.6 Å². The lowest BCUT2D eigenvalue weighted by atomic mass is 10.1. The second-order valence-corrected chi connectivity index (χ2v) is 5.08. The van der Waals surface area contributed by atoms with Crippen molar-refractivity contribution < 1.29 is 9.66 Å². The number of nitro groups is 1. The third-order valence-corrected chi connectivity index (χ3v) is 3.94. The van der Waals surface area contributed by atoms with Crippen molar-refractivity contribution in [2.45, 2.75) is 26.8 Å². The lowest BCUT2D eigenvalue weighted by Crippen LogP contribution is -2.03. The number of ether oxygens (including phenoxy) is 1. The minimum Gasteiger partial charge on any atom is -0.490 e. The van der Waals surface area contributed by atoms with Crippen LogP contribution in [0.15, 0.2) is 12.1 Å². The Kier molecular flexibility index (Phi) is 2.78. The number of nitro benzene ring substituents is 1. The lowest BCUT2D eigenvalue weighted by Gasteiger charge is -2.12. The summed E-state index contributed by atoms with van der Waals surface area (Å²) in [7, 11) is 1.48. The SMILES string of the molecule is COc1c(C)cc2c(c(C)c3n2CCC=C3)c1[N+](=O)[O-]. The van der Waals surface area contributed by atoms with Gasteiger partial charge in [-0.2, -0.15) is 0 Å². The van der Waals surface area contributed by atoms with E-state index in [1.807, 2.05) is 26.0 Å². The van der Waals surface area contributed by atoms with E-state index in [-0.39, 0.29) is 10.6 Å². The fraction of sp³-hybridized carbons (Fsp3) is 0.333. The van der Waals surface area contributed by atoms with Crippen LogP contribution in [0, 0.1) is 24.0 Å². The number of fused-ring (bicyclic) bond motifs is 3. The summed E-state index contributed by atoms with van der Waals surface area (Å²) in [5.74, 6) is 0.359. The summed E-state index contributed by atoms with van der Waals surface area (Å²) in [4.78, 5) is 11.2. The number of aryl methyl sites for hydroxylation is 3. The molecule has 20 heavy (non-hydrogen) atoms. The van der Waals surface area contributed by atoms with Gasteiger partial charge in [-0.05, 0) is 38.0 Å². The first kappa shape index (κ1) is 12.7. The molecule has 1 aliphatic rings. The predicted octanol–water partition coefficient (Wildman–Crippen LogP) is 3.59. The summed E-state index contributed by atoms with van der Waals surface area (Å²) in [6.45, 7) is 4.64. The molecule has 0 bridgehead atoms. The van der Waals surface area contributed by atoms with Crippen LogP contribution in [0.1, 0.15) is 23.2 Å². The highest BCUT2D eigenvalue weighted by Gasteiger charge is 2.28. The molecule has 5 nitrogen and oxygen atoms in total. The Morgan fingerprint density at radius 2 is 2.15 bits per heavy atom. The molecule has 1 aliphatic heterocycles. The minimum atomic E-state index is -0.336. The van der Waals surface area contributed by atoms with Gasteiger partial charge in [0.15, 0.2) is 0 Å². The number of hydrogen-bond acceptors (Lipinski definition) is 3. The number of methoxy groups -OCH3 is 1. The van der Waals surface area contributed by atoms with Gasteiger partial charge in [-0.15, -0.1) is 0 Å². The first-order valence-electron chi connectivity index (χ1n) is 6.57. The molecule has 5 heteroatoms. The van der Waals surface area contributed by atoms with Gasteiger partial charge < -0.3 is 9.30 Å². The Morgan fingerprint density at radius 3 is 2.80 bits per heavy atom. The quantitative estimate of drug-likeness (QED) is 0.620. The van der Waals surface area contributed by atoms with Crippen molar-refractivity contribution in [1.29, 1.82) is 0 Å². The molecule has 1 aromatic heterocycles. The molecule has 0 saturated heterocycles. The molecule has 0 amide bonds. The summed E-state index contributed by atoms with van der Waals surface area (Å²) in [6.07, 6.45) is 5.11. The largest absolute Gasteiger partial charge is 0.490 e. The molecule has 1 aromatic carbocycles. The van der Waals surface area contributed by atoms with Gasteiger partial charge in [-0.1, -0.05) is 6.08 Å². The van der Waals surface area contributed by atoms with Gasteiger partial charge in [0.05, 0.1) is 22.9 Å². The molecule has 2 heterocycles. The van der Waals surface area contributed by atoms with E-state index >= 15 is 0 Å². The Morgan fingerprint density at radius 1 is 1.40 bits per heavy atom. The maximum Gasteiger partial charge on any atom is 0.320 e. The second-order valence-electron chi connectivity index (χ2n) is 5.08. The van der Waals surface area contributed by atoms with Crippen LogP contribution in [0.3, 0.4) is 0 Å². The number of aromatic nitrogens is 1. The third kappa shape index (κ3) is 1.56. The first-order chi connectivity index (χ1) is 9.56. The maximum absolute atomic E-state index is 11.5. The monoisotopic (exact) mass is 272 g/mol. The van der Waals surface area contributed by atoms with Crippen molar-refractivity contribution in [3.05, 3.63) is 39.1 Å². The van der Waals surface area contributed by atoms with Crippen molar-refractivity contribution in [1.82, 2.24) is 4.57 Å². The van der Waals surface area contributed by atoms with Crippen LogP contribution in [-0.4, -0.2) is 16.6 Å². The zero-order chi connectivity index (χ0) is 14.4. The highest BCUT2D eigenvalue weighted by molar-refractivity contribution is 5.98. The fourth-order valence-corrected chi connectivity index (χ4v) is 3.09. The van der Waals surface area contributed by atoms with Gasteiger partial charge in [0.1, 0.15) is 0 Å². The summed E-state index contributed by atoms with van der Waals surface area (Å²) in [5.41, 5.74) is 3.80. The second kappa shape index (κ2) is 4.37. The molecule has 2 aromatic rings. The molecule has 0 unspecified atom stereocenters. The number of rotatable bonds is 2. The van der Waals surface area contributed by atoms with E-state index in [1.54, 1.807) is 0 Å². The van der Waals surface area contributed by atoms with Gasteiger partial charge >= 0.3 is 5.69 Å². The van der Waals surface area contributed by atoms with Crippen LogP contribution in [0.4, 0.5) is 5.69 Å². The third-order valence-electron chi connectivity index (χ3n) is 3.94. The average molecular weight is 272 g/mol. The van der Waals surface area contributed by atoms with E-state index < -0.39 is 0 Å². The van der Waals surface area contributed by atoms with Gasteiger partial charge in [-0.25, -0.2) is 0 Å². The van der Waals surface area contributed by atoms with Crippen molar-refractivity contribution in [3.8, 4) is 5.75 Å². The summed E-state index contributed by atoms with van der Waals surface area (Å²) in [6, 6.07) is 1.98. The van der Waals surface area contributed by atoms with E-state index in [4.69, 9.17) is 4.74 Å². The van der Waals surface area contributed by atoms with Crippen molar-refractivity contribution in [2.24, 2.45) is 0 Å². The molecule has 0 fully saturated rings. The van der Waals surface area contributed by atoms with Gasteiger partial charge in [0.25, 0.3) is 0 Å². The Balaban J connectivity index is 2.52. The predicted molar refractivity (Wildman–Crippen MR) is 78.3 cm³/mol. The summed E-state index contributed by atoms with van der Waals surface area (Å²) in [5, 5.41) is 12.2. The first-order valence-corrected chi connectivity index (χ1v) is 6.57.